The van der Waals surface area contributed by atoms with Crippen LogP contribution in [0.3, 0.4) is 0 Å². The summed E-state index contributed by atoms with van der Waals surface area (Å²) in [6.07, 6.45) is 6.22. The number of hydrogen-bond donors (Lipinski definition) is 0. The third-order valence-electron chi connectivity index (χ3n) is 14.1. The second-order valence-electron chi connectivity index (χ2n) is 17.6. The van der Waals surface area contributed by atoms with Gasteiger partial charge in [0.25, 0.3) is 0 Å². The van der Waals surface area contributed by atoms with Crippen molar-refractivity contribution in [2.24, 2.45) is 0 Å². The molecule has 3 aliphatic carbocycles. The van der Waals surface area contributed by atoms with Crippen LogP contribution in [-0.2, 0) is 10.8 Å². The quantitative estimate of drug-likeness (QED) is 0.180. The zero-order valence-corrected chi connectivity index (χ0v) is 33.1. The maximum atomic E-state index is 6.78. The minimum Gasteiger partial charge on any atom is -0.455 e. The molecule has 13 rings (SSSR count). The fourth-order valence-corrected chi connectivity index (χ4v) is 11.2. The lowest BCUT2D eigenvalue weighted by atomic mass is 9.67. The van der Waals surface area contributed by atoms with Crippen molar-refractivity contribution in [3.8, 4) is 56.0 Å². The lowest BCUT2D eigenvalue weighted by molar-refractivity contribution is 0.353. The van der Waals surface area contributed by atoms with Crippen molar-refractivity contribution in [1.29, 1.82) is 0 Å². The fourth-order valence-electron chi connectivity index (χ4n) is 11.2. The van der Waals surface area contributed by atoms with Gasteiger partial charge in [0.05, 0.1) is 0 Å². The molecule has 0 bridgehead atoms. The van der Waals surface area contributed by atoms with E-state index in [1.807, 2.05) is 36.4 Å². The standard InChI is InChI=1S/C55H40N2O2/c1-54(2)43-20-9-7-16-35(43)40-31-46-41(30-44(40)54)36-24-22-34(29-45(36)55(46)26-11-4-12-27-55)33-23-25-48-42(28-33)37-18-13-19-39(51(37)58-48)50-52-49(38-17-8-10-21-47(38)59-52)56-53(57-50)32-14-5-3-6-15-32/h3,5-10,13-25,28-31H,4,11-12,26-27H2,1-2H3. The summed E-state index contributed by atoms with van der Waals surface area (Å²) in [5.74, 6) is 0.655. The number of para-hydroxylation sites is 2. The van der Waals surface area contributed by atoms with E-state index in [1.54, 1.807) is 0 Å². The van der Waals surface area contributed by atoms with Gasteiger partial charge in [-0.1, -0.05) is 130 Å². The van der Waals surface area contributed by atoms with Crippen molar-refractivity contribution >= 4 is 44.0 Å². The van der Waals surface area contributed by atoms with Crippen molar-refractivity contribution in [1.82, 2.24) is 9.97 Å². The number of furan rings is 2. The van der Waals surface area contributed by atoms with Gasteiger partial charge in [-0.2, -0.15) is 0 Å². The highest BCUT2D eigenvalue weighted by molar-refractivity contribution is 6.14. The molecule has 0 radical (unpaired) electrons. The molecule has 3 aromatic heterocycles. The number of nitrogens with zero attached hydrogens (tertiary/aromatic N) is 2. The molecule has 4 nitrogen and oxygen atoms in total. The zero-order valence-electron chi connectivity index (χ0n) is 33.1. The number of rotatable bonds is 3. The first-order valence-corrected chi connectivity index (χ1v) is 21.1. The average Bonchev–Trinajstić information content (AvgIpc) is 3.99. The molecule has 0 unspecified atom stereocenters. The zero-order chi connectivity index (χ0) is 39.0. The Kier molecular flexibility index (Phi) is 6.70. The summed E-state index contributed by atoms with van der Waals surface area (Å²) in [6, 6.07) is 52.8. The van der Waals surface area contributed by atoms with Crippen LogP contribution in [0.4, 0.5) is 0 Å². The first kappa shape index (κ1) is 33.2. The van der Waals surface area contributed by atoms with Crippen molar-refractivity contribution in [3.63, 3.8) is 0 Å². The third kappa shape index (κ3) is 4.55. The van der Waals surface area contributed by atoms with Crippen LogP contribution >= 0.6 is 0 Å². The molecular weight excluding hydrogens is 721 g/mol. The van der Waals surface area contributed by atoms with Gasteiger partial charge in [-0.15, -0.1) is 0 Å². The van der Waals surface area contributed by atoms with E-state index in [9.17, 15) is 0 Å². The van der Waals surface area contributed by atoms with E-state index in [4.69, 9.17) is 18.8 Å². The molecule has 10 aromatic rings. The lowest BCUT2D eigenvalue weighted by Gasteiger charge is -2.36. The fraction of sp³-hybridized carbons (Fsp3) is 0.164. The van der Waals surface area contributed by atoms with Gasteiger partial charge in [0.2, 0.25) is 0 Å². The monoisotopic (exact) mass is 760 g/mol. The molecule has 1 saturated carbocycles. The minimum atomic E-state index is -0.0261. The molecule has 3 aliphatic rings. The van der Waals surface area contributed by atoms with Crippen LogP contribution in [0.15, 0.2) is 154 Å². The first-order valence-electron chi connectivity index (χ1n) is 21.1. The van der Waals surface area contributed by atoms with Gasteiger partial charge in [-0.3, -0.25) is 0 Å². The molecule has 0 amide bonds. The van der Waals surface area contributed by atoms with E-state index >= 15 is 0 Å². The van der Waals surface area contributed by atoms with E-state index in [0.717, 1.165) is 55.2 Å². The number of benzene rings is 7. The largest absolute Gasteiger partial charge is 0.455 e. The highest BCUT2D eigenvalue weighted by Crippen LogP contribution is 2.60. The molecule has 3 heterocycles. The maximum absolute atomic E-state index is 6.78. The molecule has 1 spiro atoms. The van der Waals surface area contributed by atoms with Crippen LogP contribution < -0.4 is 0 Å². The summed E-state index contributed by atoms with van der Waals surface area (Å²) in [7, 11) is 0. The minimum absolute atomic E-state index is 0.0261. The first-order chi connectivity index (χ1) is 29.0. The Balaban J connectivity index is 0.962. The van der Waals surface area contributed by atoms with Crippen LogP contribution in [0.1, 0.15) is 68.2 Å². The van der Waals surface area contributed by atoms with Crippen LogP contribution in [0.2, 0.25) is 0 Å². The smallest absolute Gasteiger partial charge is 0.180 e. The molecule has 1 fully saturated rings. The molecular formula is C55H40N2O2. The second kappa shape index (κ2) is 11.9. The number of aromatic nitrogens is 2. The molecule has 0 N–H and O–H groups in total. The Labute approximate surface area is 342 Å². The average molecular weight is 761 g/mol. The van der Waals surface area contributed by atoms with Crippen molar-refractivity contribution < 1.29 is 8.83 Å². The van der Waals surface area contributed by atoms with Gasteiger partial charge in [-0.05, 0) is 117 Å². The van der Waals surface area contributed by atoms with Gasteiger partial charge in [0, 0.05) is 38.1 Å². The van der Waals surface area contributed by atoms with Crippen LogP contribution in [0.25, 0.3) is 100 Å². The van der Waals surface area contributed by atoms with Gasteiger partial charge in [0.15, 0.2) is 11.4 Å². The molecule has 282 valence electrons. The van der Waals surface area contributed by atoms with E-state index in [2.05, 4.69) is 123 Å². The summed E-state index contributed by atoms with van der Waals surface area (Å²) in [4.78, 5) is 10.2. The summed E-state index contributed by atoms with van der Waals surface area (Å²) in [6.45, 7) is 4.79. The Hall–Kier alpha value is -6.78. The van der Waals surface area contributed by atoms with Crippen molar-refractivity contribution in [3.05, 3.63) is 168 Å². The maximum Gasteiger partial charge on any atom is 0.180 e. The predicted molar refractivity (Wildman–Crippen MR) is 240 cm³/mol. The summed E-state index contributed by atoms with van der Waals surface area (Å²) >= 11 is 0. The molecule has 0 aliphatic heterocycles. The van der Waals surface area contributed by atoms with E-state index in [0.29, 0.717) is 11.4 Å². The third-order valence-corrected chi connectivity index (χ3v) is 14.1. The normalized spacial score (nSPS) is 15.9. The Bertz CT molecular complexity index is 3400. The van der Waals surface area contributed by atoms with Crippen molar-refractivity contribution in [2.75, 3.05) is 0 Å². The topological polar surface area (TPSA) is 52.1 Å². The second-order valence-corrected chi connectivity index (χ2v) is 17.6. The molecule has 4 heteroatoms. The van der Waals surface area contributed by atoms with Gasteiger partial charge in [0.1, 0.15) is 28.0 Å². The van der Waals surface area contributed by atoms with Crippen LogP contribution in [-0.4, -0.2) is 9.97 Å². The Morgan fingerprint density at radius 2 is 1.10 bits per heavy atom. The highest BCUT2D eigenvalue weighted by atomic mass is 16.3. The summed E-state index contributed by atoms with van der Waals surface area (Å²) in [5.41, 5.74) is 20.5. The molecule has 0 atom stereocenters. The summed E-state index contributed by atoms with van der Waals surface area (Å²) < 4.78 is 13.3. The van der Waals surface area contributed by atoms with Crippen LogP contribution in [0.5, 0.6) is 0 Å². The number of fused-ring (bicyclic) bond motifs is 14. The van der Waals surface area contributed by atoms with E-state index in [-0.39, 0.29) is 10.8 Å². The van der Waals surface area contributed by atoms with Crippen LogP contribution in [0, 0.1) is 0 Å². The van der Waals surface area contributed by atoms with Gasteiger partial charge in [-0.25, -0.2) is 9.97 Å². The highest BCUT2D eigenvalue weighted by Gasteiger charge is 2.46. The SMILES string of the molecule is CC1(C)c2ccccc2-c2cc3c(cc21)-c1ccc(-c2ccc4oc5c(-c6nc(-c7ccccc7)nc7c6oc6ccccc67)cccc5c4c2)cc1C31CCCCC1. The predicted octanol–water partition coefficient (Wildman–Crippen LogP) is 14.8. The molecule has 59 heavy (non-hydrogen) atoms. The van der Waals surface area contributed by atoms with Crippen molar-refractivity contribution in [2.45, 2.75) is 56.8 Å². The lowest BCUT2D eigenvalue weighted by Crippen LogP contribution is -2.28. The molecule has 7 aromatic carbocycles. The molecule has 0 saturated heterocycles. The van der Waals surface area contributed by atoms with E-state index in [1.165, 1.54) is 87.7 Å². The number of hydrogen-bond acceptors (Lipinski definition) is 4. The summed E-state index contributed by atoms with van der Waals surface area (Å²) in [5, 5.41) is 3.11. The Morgan fingerprint density at radius 3 is 2.00 bits per heavy atom. The Morgan fingerprint density at radius 1 is 0.441 bits per heavy atom. The van der Waals surface area contributed by atoms with Gasteiger partial charge >= 0.3 is 0 Å². The van der Waals surface area contributed by atoms with Gasteiger partial charge < -0.3 is 8.83 Å². The van der Waals surface area contributed by atoms with E-state index < -0.39 is 0 Å².